The van der Waals surface area contributed by atoms with Crippen molar-refractivity contribution in [2.24, 2.45) is 5.92 Å². The number of benzene rings is 1. The van der Waals surface area contributed by atoms with Crippen LogP contribution in [-0.2, 0) is 6.54 Å². The molecule has 1 saturated heterocycles. The molecule has 0 bridgehead atoms. The summed E-state index contributed by atoms with van der Waals surface area (Å²) in [4.78, 5) is 16.4. The second-order valence-electron chi connectivity index (χ2n) is 9.31. The third-order valence-corrected chi connectivity index (χ3v) is 6.62. The van der Waals surface area contributed by atoms with Crippen LogP contribution in [-0.4, -0.2) is 58.5 Å². The number of ether oxygens (including phenoxy) is 2. The third kappa shape index (κ3) is 5.75. The minimum Gasteiger partial charge on any atom is -0.490 e. The predicted octanol–water partition coefficient (Wildman–Crippen LogP) is 5.00. The van der Waals surface area contributed by atoms with Crippen LogP contribution in [0.1, 0.15) is 51.1 Å². The summed E-state index contributed by atoms with van der Waals surface area (Å²) < 4.78 is 13.3. The molecule has 2 fully saturated rings. The lowest BCUT2D eigenvalue weighted by molar-refractivity contribution is 0.0484. The number of amides is 1. The maximum absolute atomic E-state index is 12.4. The van der Waals surface area contributed by atoms with E-state index in [2.05, 4.69) is 16.1 Å². The van der Waals surface area contributed by atoms with Crippen molar-refractivity contribution in [2.45, 2.75) is 58.2 Å². The van der Waals surface area contributed by atoms with Crippen LogP contribution in [0.25, 0.3) is 0 Å². The molecule has 0 N–H and O–H groups in total. The molecule has 1 aliphatic heterocycles. The molecule has 1 saturated carbocycles. The molecule has 2 aromatic rings. The monoisotopic (exact) mass is 460 g/mol. The summed E-state index contributed by atoms with van der Waals surface area (Å²) in [5, 5.41) is 4.97. The Balaban J connectivity index is 1.19. The molecule has 8 heteroatoms. The van der Waals surface area contributed by atoms with E-state index in [4.69, 9.17) is 21.1 Å². The van der Waals surface area contributed by atoms with Gasteiger partial charge in [0.05, 0.1) is 18.5 Å². The molecule has 7 nitrogen and oxygen atoms in total. The SMILES string of the molecule is CC(C)n1cc(OC(=O)N(C)CC2CC(Oc3ccc(CN4CCCC4)c(Cl)c3)C2)cn1. The molecule has 0 atom stereocenters. The van der Waals surface area contributed by atoms with E-state index in [1.165, 1.54) is 12.8 Å². The number of halogens is 1. The van der Waals surface area contributed by atoms with E-state index in [0.29, 0.717) is 18.2 Å². The lowest BCUT2D eigenvalue weighted by Gasteiger charge is -2.37. The zero-order valence-electron chi connectivity index (χ0n) is 19.2. The van der Waals surface area contributed by atoms with Gasteiger partial charge in [0, 0.05) is 31.2 Å². The number of carbonyl (C=O) groups excluding carboxylic acids is 1. The van der Waals surface area contributed by atoms with Gasteiger partial charge in [-0.15, -0.1) is 0 Å². The van der Waals surface area contributed by atoms with Crippen molar-refractivity contribution in [3.8, 4) is 11.5 Å². The first-order valence-corrected chi connectivity index (χ1v) is 11.9. The highest BCUT2D eigenvalue weighted by molar-refractivity contribution is 6.31. The molecule has 2 heterocycles. The quantitative estimate of drug-likeness (QED) is 0.554. The summed E-state index contributed by atoms with van der Waals surface area (Å²) in [5.74, 6) is 1.69. The third-order valence-electron chi connectivity index (χ3n) is 6.27. The zero-order chi connectivity index (χ0) is 22.7. The topological polar surface area (TPSA) is 59.8 Å². The summed E-state index contributed by atoms with van der Waals surface area (Å²) in [6.07, 6.45) is 7.49. The van der Waals surface area contributed by atoms with Gasteiger partial charge in [0.25, 0.3) is 0 Å². The Hall–Kier alpha value is -2.25. The predicted molar refractivity (Wildman–Crippen MR) is 124 cm³/mol. The average Bonchev–Trinajstić information content (AvgIpc) is 3.40. The van der Waals surface area contributed by atoms with E-state index in [9.17, 15) is 4.79 Å². The Bertz CT molecular complexity index is 920. The summed E-state index contributed by atoms with van der Waals surface area (Å²) >= 11 is 6.50. The molecule has 1 aliphatic carbocycles. The van der Waals surface area contributed by atoms with Crippen LogP contribution in [0.2, 0.25) is 5.02 Å². The van der Waals surface area contributed by atoms with Crippen molar-refractivity contribution in [1.29, 1.82) is 0 Å². The van der Waals surface area contributed by atoms with E-state index < -0.39 is 0 Å². The van der Waals surface area contributed by atoms with E-state index in [0.717, 1.165) is 48.8 Å². The lowest BCUT2D eigenvalue weighted by Crippen LogP contribution is -2.42. The molecule has 1 aromatic heterocycles. The van der Waals surface area contributed by atoms with Crippen molar-refractivity contribution in [2.75, 3.05) is 26.7 Å². The molecular formula is C24H33ClN4O3. The van der Waals surface area contributed by atoms with Crippen LogP contribution in [0, 0.1) is 5.92 Å². The fourth-order valence-corrected chi connectivity index (χ4v) is 4.55. The molecule has 0 spiro atoms. The van der Waals surface area contributed by atoms with E-state index in [1.54, 1.807) is 29.0 Å². The summed E-state index contributed by atoms with van der Waals surface area (Å²) in [7, 11) is 1.77. The minimum absolute atomic E-state index is 0.161. The van der Waals surface area contributed by atoms with Crippen molar-refractivity contribution in [3.63, 3.8) is 0 Å². The number of carbonyl (C=O) groups is 1. The molecule has 0 unspecified atom stereocenters. The smallest absolute Gasteiger partial charge is 0.415 e. The fourth-order valence-electron chi connectivity index (χ4n) is 4.32. The molecule has 4 rings (SSSR count). The highest BCUT2D eigenvalue weighted by Crippen LogP contribution is 2.33. The van der Waals surface area contributed by atoms with Crippen LogP contribution in [0.4, 0.5) is 4.79 Å². The fraction of sp³-hybridized carbons (Fsp3) is 0.583. The molecular weight excluding hydrogens is 428 g/mol. The molecule has 174 valence electrons. The van der Waals surface area contributed by atoms with Crippen molar-refractivity contribution in [3.05, 3.63) is 41.2 Å². The van der Waals surface area contributed by atoms with Gasteiger partial charge in [-0.25, -0.2) is 4.79 Å². The van der Waals surface area contributed by atoms with Crippen molar-refractivity contribution in [1.82, 2.24) is 19.6 Å². The Morgan fingerprint density at radius 2 is 2.00 bits per heavy atom. The number of rotatable bonds is 8. The zero-order valence-corrected chi connectivity index (χ0v) is 19.9. The Morgan fingerprint density at radius 3 is 2.66 bits per heavy atom. The molecule has 2 aliphatic rings. The van der Waals surface area contributed by atoms with Crippen molar-refractivity contribution < 1.29 is 14.3 Å². The van der Waals surface area contributed by atoms with Gasteiger partial charge >= 0.3 is 6.09 Å². The number of hydrogen-bond donors (Lipinski definition) is 0. The van der Waals surface area contributed by atoms with Crippen LogP contribution in [0.5, 0.6) is 11.5 Å². The first-order valence-electron chi connectivity index (χ1n) is 11.5. The van der Waals surface area contributed by atoms with Gasteiger partial charge in [-0.1, -0.05) is 17.7 Å². The highest BCUT2D eigenvalue weighted by Gasteiger charge is 2.33. The minimum atomic E-state index is -0.363. The standard InChI is InChI=1S/C24H33ClN4O3/c1-17(2)29-16-22(13-26-29)32-24(30)27(3)14-18-10-21(11-18)31-20-7-6-19(23(25)12-20)15-28-8-4-5-9-28/h6-7,12-13,16-18,21H,4-5,8-11,14-15H2,1-3H3. The second kappa shape index (κ2) is 10.1. The van der Waals surface area contributed by atoms with Crippen LogP contribution >= 0.6 is 11.6 Å². The number of likely N-dealkylation sites (tertiary alicyclic amines) is 1. The van der Waals surface area contributed by atoms with E-state index in [1.807, 2.05) is 26.0 Å². The van der Waals surface area contributed by atoms with Gasteiger partial charge in [-0.05, 0) is 76.2 Å². The van der Waals surface area contributed by atoms with Gasteiger partial charge in [-0.3, -0.25) is 9.58 Å². The summed E-state index contributed by atoms with van der Waals surface area (Å²) in [5.41, 5.74) is 1.16. The first-order chi connectivity index (χ1) is 15.4. The van der Waals surface area contributed by atoms with E-state index in [-0.39, 0.29) is 18.2 Å². The highest BCUT2D eigenvalue weighted by atomic mass is 35.5. The number of hydrogen-bond acceptors (Lipinski definition) is 5. The molecule has 32 heavy (non-hydrogen) atoms. The van der Waals surface area contributed by atoms with E-state index >= 15 is 0 Å². The summed E-state index contributed by atoms with van der Waals surface area (Å²) in [6, 6.07) is 6.26. The molecule has 1 amide bonds. The maximum Gasteiger partial charge on any atom is 0.415 e. The van der Waals surface area contributed by atoms with Gasteiger partial charge in [0.15, 0.2) is 5.75 Å². The normalized spacial score (nSPS) is 20.9. The lowest BCUT2D eigenvalue weighted by atomic mass is 9.82. The number of nitrogens with zero attached hydrogens (tertiary/aromatic N) is 4. The van der Waals surface area contributed by atoms with Crippen LogP contribution in [0.15, 0.2) is 30.6 Å². The maximum atomic E-state index is 12.4. The average molecular weight is 461 g/mol. The second-order valence-corrected chi connectivity index (χ2v) is 9.72. The van der Waals surface area contributed by atoms with Gasteiger partial charge in [-0.2, -0.15) is 5.10 Å². The van der Waals surface area contributed by atoms with Crippen LogP contribution < -0.4 is 9.47 Å². The Kier molecular flexibility index (Phi) is 7.26. The van der Waals surface area contributed by atoms with Crippen molar-refractivity contribution >= 4 is 17.7 Å². The van der Waals surface area contributed by atoms with Gasteiger partial charge in [0.2, 0.25) is 0 Å². The largest absolute Gasteiger partial charge is 0.490 e. The van der Waals surface area contributed by atoms with Gasteiger partial charge in [0.1, 0.15) is 5.75 Å². The number of aromatic nitrogens is 2. The Morgan fingerprint density at radius 1 is 1.25 bits per heavy atom. The Labute approximate surface area is 195 Å². The molecule has 1 aromatic carbocycles. The van der Waals surface area contributed by atoms with Gasteiger partial charge < -0.3 is 14.4 Å². The van der Waals surface area contributed by atoms with Crippen LogP contribution in [0.3, 0.4) is 0 Å². The first kappa shape index (κ1) is 22.9. The summed E-state index contributed by atoms with van der Waals surface area (Å²) in [6.45, 7) is 7.91. The molecule has 0 radical (unpaired) electrons.